The van der Waals surface area contributed by atoms with Gasteiger partial charge in [-0.2, -0.15) is 0 Å². The Kier molecular flexibility index (Phi) is 6.92. The van der Waals surface area contributed by atoms with Gasteiger partial charge in [0.1, 0.15) is 12.3 Å². The summed E-state index contributed by atoms with van der Waals surface area (Å²) in [7, 11) is 0. The Balaban J connectivity index is 2.61. The van der Waals surface area contributed by atoms with Crippen LogP contribution in [0.1, 0.15) is 6.92 Å². The summed E-state index contributed by atoms with van der Waals surface area (Å²) < 4.78 is 9.84. The van der Waals surface area contributed by atoms with E-state index in [2.05, 4.69) is 15.0 Å². The molecule has 0 unspecified atom stereocenters. The summed E-state index contributed by atoms with van der Waals surface area (Å²) in [6.07, 6.45) is 0. The third-order valence-corrected chi connectivity index (χ3v) is 2.41. The number of carbonyl (C=O) groups is 2. The van der Waals surface area contributed by atoms with Gasteiger partial charge in [-0.1, -0.05) is 18.2 Å². The largest absolute Gasteiger partial charge is 0.502 e. The number of diazo groups is 1. The predicted octanol–water partition coefficient (Wildman–Crippen LogP) is 1.37. The van der Waals surface area contributed by atoms with Gasteiger partial charge in [0.25, 0.3) is 0 Å². The van der Waals surface area contributed by atoms with Crippen LogP contribution in [0.3, 0.4) is 0 Å². The Morgan fingerprint density at radius 1 is 1.32 bits per heavy atom. The molecule has 0 atom stereocenters. The second kappa shape index (κ2) is 8.97. The number of rotatable bonds is 7. The van der Waals surface area contributed by atoms with Gasteiger partial charge >= 0.3 is 17.6 Å². The quantitative estimate of drug-likeness (QED) is 0.340. The molecule has 0 saturated carbocycles. The summed E-state index contributed by atoms with van der Waals surface area (Å²) in [6, 6.07) is 8.58. The fourth-order valence-electron chi connectivity index (χ4n) is 1.42. The van der Waals surface area contributed by atoms with Gasteiger partial charge in [0, 0.05) is 0 Å². The standard InChI is InChI=1S/C14H15N3O5/c1-2-21-12(19)8-16-14(20)13(17-15)11(18)9-22-10-6-4-3-5-7-10/h3-7H,2,8-9H2,1H3,(H-,16,18,20)/p+1. The normalized spacial score (nSPS) is 10.9. The third-order valence-electron chi connectivity index (χ3n) is 2.41. The van der Waals surface area contributed by atoms with Crippen LogP contribution in [-0.4, -0.2) is 36.7 Å². The van der Waals surface area contributed by atoms with Crippen LogP contribution in [0.15, 0.2) is 41.8 Å². The number of nitrogens with one attached hydrogen (secondary N) is 1. The van der Waals surface area contributed by atoms with Gasteiger partial charge < -0.3 is 19.9 Å². The van der Waals surface area contributed by atoms with E-state index in [9.17, 15) is 14.7 Å². The van der Waals surface area contributed by atoms with E-state index in [1.165, 1.54) is 0 Å². The van der Waals surface area contributed by atoms with Gasteiger partial charge in [0.05, 0.1) is 6.61 Å². The molecule has 1 rings (SSSR count). The van der Waals surface area contributed by atoms with Crippen molar-refractivity contribution in [2.45, 2.75) is 6.92 Å². The van der Waals surface area contributed by atoms with Crippen molar-refractivity contribution in [2.24, 2.45) is 0 Å². The van der Waals surface area contributed by atoms with Gasteiger partial charge in [0.15, 0.2) is 11.6 Å². The summed E-state index contributed by atoms with van der Waals surface area (Å²) in [5, 5.41) is 20.7. The zero-order valence-corrected chi connectivity index (χ0v) is 12.0. The molecule has 8 heteroatoms. The molecular formula is C14H16N3O5+. The number of nitrogens with zero attached hydrogens (tertiary/aromatic N) is 2. The highest BCUT2D eigenvalue weighted by Gasteiger charge is 2.29. The van der Waals surface area contributed by atoms with E-state index in [1.54, 1.807) is 37.3 Å². The minimum absolute atomic E-state index is 0.179. The molecule has 0 aromatic heterocycles. The van der Waals surface area contributed by atoms with E-state index < -0.39 is 29.9 Å². The summed E-state index contributed by atoms with van der Waals surface area (Å²) in [5.41, 5.74) is -0.639. The minimum atomic E-state index is -0.926. The van der Waals surface area contributed by atoms with Gasteiger partial charge in [-0.3, -0.25) is 9.59 Å². The number of carbonyl (C=O) groups excluding carboxylic acids is 2. The number of esters is 1. The molecule has 8 nitrogen and oxygen atoms in total. The van der Waals surface area contributed by atoms with Crippen molar-refractivity contribution in [3.05, 3.63) is 46.8 Å². The number of hydrogen-bond acceptors (Lipinski definition) is 6. The van der Waals surface area contributed by atoms with E-state index in [-0.39, 0.29) is 13.2 Å². The van der Waals surface area contributed by atoms with Gasteiger partial charge in [-0.25, -0.2) is 0 Å². The molecule has 0 saturated heterocycles. The highest BCUT2D eigenvalue weighted by Crippen LogP contribution is 2.11. The number of benzene rings is 1. The third kappa shape index (κ3) is 5.50. The maximum Gasteiger partial charge on any atom is 0.488 e. The first-order chi connectivity index (χ1) is 10.6. The van der Waals surface area contributed by atoms with Crippen molar-refractivity contribution in [1.82, 2.24) is 5.32 Å². The maximum atomic E-state index is 11.7. The lowest BCUT2D eigenvalue weighted by molar-refractivity contribution is -0.143. The molecule has 0 fully saturated rings. The van der Waals surface area contributed by atoms with Crippen LogP contribution in [0.2, 0.25) is 0 Å². The predicted molar refractivity (Wildman–Crippen MR) is 76.3 cm³/mol. The van der Waals surface area contributed by atoms with E-state index in [0.717, 1.165) is 0 Å². The summed E-state index contributed by atoms with van der Waals surface area (Å²) >= 11 is 0. The number of aliphatic hydroxyl groups excluding tert-OH is 1. The average molecular weight is 306 g/mol. The smallest absolute Gasteiger partial charge is 0.488 e. The monoisotopic (exact) mass is 306 g/mol. The molecule has 0 aliphatic rings. The van der Waals surface area contributed by atoms with E-state index >= 15 is 0 Å². The molecule has 22 heavy (non-hydrogen) atoms. The van der Waals surface area contributed by atoms with E-state index in [0.29, 0.717) is 5.75 Å². The summed E-state index contributed by atoms with van der Waals surface area (Å²) in [6.45, 7) is 1.04. The molecular weight excluding hydrogens is 290 g/mol. The van der Waals surface area contributed by atoms with Gasteiger partial charge in [-0.05, 0) is 19.1 Å². The van der Waals surface area contributed by atoms with Crippen LogP contribution in [0.25, 0.3) is 4.98 Å². The van der Waals surface area contributed by atoms with Gasteiger partial charge in [0.2, 0.25) is 11.2 Å². The fraction of sp³-hybridized carbons (Fsp3) is 0.286. The van der Waals surface area contributed by atoms with Crippen LogP contribution in [-0.2, 0) is 14.3 Å². The lowest BCUT2D eigenvalue weighted by atomic mass is 10.3. The molecule has 1 amide bonds. The van der Waals surface area contributed by atoms with Crippen molar-refractivity contribution in [3.63, 3.8) is 0 Å². The lowest BCUT2D eigenvalue weighted by Gasteiger charge is -2.04. The van der Waals surface area contributed by atoms with Crippen molar-refractivity contribution in [3.8, 4) is 5.75 Å². The summed E-state index contributed by atoms with van der Waals surface area (Å²) in [4.78, 5) is 25.5. The molecule has 116 valence electrons. The Labute approximate surface area is 127 Å². The Morgan fingerprint density at radius 2 is 2.00 bits per heavy atom. The molecule has 0 aliphatic carbocycles. The first kappa shape index (κ1) is 17.0. The molecule has 0 aliphatic heterocycles. The Bertz CT molecular complexity index is 592. The molecule has 2 N–H and O–H groups in total. The average Bonchev–Trinajstić information content (AvgIpc) is 2.53. The van der Waals surface area contributed by atoms with Crippen LogP contribution in [0, 0.1) is 5.39 Å². The maximum absolute atomic E-state index is 11.7. The second-order valence-corrected chi connectivity index (χ2v) is 3.98. The molecule has 1 aromatic rings. The first-order valence-electron chi connectivity index (χ1n) is 6.47. The van der Waals surface area contributed by atoms with E-state index in [4.69, 9.17) is 10.1 Å². The van der Waals surface area contributed by atoms with Crippen LogP contribution in [0.4, 0.5) is 0 Å². The number of ether oxygens (including phenoxy) is 2. The number of aliphatic hydroxyl groups is 1. The highest BCUT2D eigenvalue weighted by molar-refractivity contribution is 5.97. The van der Waals surface area contributed by atoms with Crippen molar-refractivity contribution in [1.29, 1.82) is 5.39 Å². The van der Waals surface area contributed by atoms with Gasteiger partial charge in [-0.15, -0.1) is 0 Å². The topological polar surface area (TPSA) is 113 Å². The molecule has 1 aromatic carbocycles. The molecule has 0 spiro atoms. The zero-order valence-electron chi connectivity index (χ0n) is 12.0. The van der Waals surface area contributed by atoms with Crippen molar-refractivity contribution in [2.75, 3.05) is 19.8 Å². The van der Waals surface area contributed by atoms with Crippen molar-refractivity contribution >= 4 is 11.9 Å². The molecule has 0 bridgehead atoms. The fourth-order valence-corrected chi connectivity index (χ4v) is 1.42. The van der Waals surface area contributed by atoms with E-state index in [1.807, 2.05) is 0 Å². The molecule has 0 heterocycles. The first-order valence-corrected chi connectivity index (χ1v) is 6.47. The minimum Gasteiger partial charge on any atom is -0.502 e. The summed E-state index contributed by atoms with van der Waals surface area (Å²) in [5.74, 6) is -1.68. The van der Waals surface area contributed by atoms with Crippen LogP contribution >= 0.6 is 0 Å². The number of hydrogen-bond donors (Lipinski definition) is 2. The zero-order chi connectivity index (χ0) is 16.4. The van der Waals surface area contributed by atoms with Crippen LogP contribution in [0.5, 0.6) is 5.75 Å². The highest BCUT2D eigenvalue weighted by atomic mass is 16.5. The number of amides is 1. The number of para-hydroxylation sites is 1. The lowest BCUT2D eigenvalue weighted by Crippen LogP contribution is -2.32. The van der Waals surface area contributed by atoms with Crippen molar-refractivity contribution < 1.29 is 24.2 Å². The SMILES string of the molecule is CCOC(=O)CNC(=O)/C([N+]#N)=C(\O)COc1ccccc1. The second-order valence-electron chi connectivity index (χ2n) is 3.98. The molecule has 0 radical (unpaired) electrons. The Hall–Kier alpha value is -3.08. The van der Waals surface area contributed by atoms with Crippen LogP contribution < -0.4 is 10.1 Å². The Morgan fingerprint density at radius 3 is 2.59 bits per heavy atom.